The number of carbonyl (C=O) groups is 3. The van der Waals surface area contributed by atoms with Crippen molar-refractivity contribution in [2.45, 2.75) is 50.7 Å². The minimum absolute atomic E-state index is 0.131. The molecule has 9 nitrogen and oxygen atoms in total. The molecule has 3 aliphatic rings. The number of amides is 3. The van der Waals surface area contributed by atoms with E-state index in [9.17, 15) is 14.4 Å². The molecule has 4 heterocycles. The van der Waals surface area contributed by atoms with Crippen LogP contribution in [0.25, 0.3) is 0 Å². The fourth-order valence-corrected chi connectivity index (χ4v) is 5.11. The summed E-state index contributed by atoms with van der Waals surface area (Å²) in [5.41, 5.74) is 10.5. The number of carbonyl (C=O) groups excluding carboxylic acids is 3. The van der Waals surface area contributed by atoms with Crippen LogP contribution in [0.5, 0.6) is 0 Å². The zero-order chi connectivity index (χ0) is 21.5. The summed E-state index contributed by atoms with van der Waals surface area (Å²) >= 11 is 0. The lowest BCUT2D eigenvalue weighted by atomic mass is 9.93. The van der Waals surface area contributed by atoms with Gasteiger partial charge >= 0.3 is 0 Å². The SMILES string of the molecule is Nc1cn[nH]c1C1CCCN(Cc2cccc3c2CN(C2CCC(=O)NC2=O)C3=O)C1. The van der Waals surface area contributed by atoms with Gasteiger partial charge in [0.25, 0.3) is 5.91 Å². The number of rotatable bonds is 4. The summed E-state index contributed by atoms with van der Waals surface area (Å²) in [6.07, 6.45) is 4.43. The molecular formula is C22H26N6O3. The number of aromatic nitrogens is 2. The molecule has 0 spiro atoms. The van der Waals surface area contributed by atoms with Gasteiger partial charge in [-0.1, -0.05) is 12.1 Å². The number of fused-ring (bicyclic) bond motifs is 1. The van der Waals surface area contributed by atoms with Crippen molar-refractivity contribution in [1.82, 2.24) is 25.3 Å². The van der Waals surface area contributed by atoms with Crippen LogP contribution in [0.15, 0.2) is 24.4 Å². The number of aromatic amines is 1. The highest BCUT2D eigenvalue weighted by Crippen LogP contribution is 2.33. The zero-order valence-corrected chi connectivity index (χ0v) is 17.3. The number of anilines is 1. The summed E-state index contributed by atoms with van der Waals surface area (Å²) in [6.45, 7) is 3.01. The van der Waals surface area contributed by atoms with Crippen molar-refractivity contribution in [3.8, 4) is 0 Å². The molecule has 2 saturated heterocycles. The number of H-pyrrole nitrogens is 1. The van der Waals surface area contributed by atoms with Crippen molar-refractivity contribution in [3.63, 3.8) is 0 Å². The Kier molecular flexibility index (Phi) is 4.97. The van der Waals surface area contributed by atoms with E-state index >= 15 is 0 Å². The van der Waals surface area contributed by atoms with Crippen molar-refractivity contribution < 1.29 is 14.4 Å². The van der Waals surface area contributed by atoms with Gasteiger partial charge in [0, 0.05) is 37.5 Å². The predicted octanol–water partition coefficient (Wildman–Crippen LogP) is 1.13. The minimum atomic E-state index is -0.590. The number of nitrogens with zero attached hydrogens (tertiary/aromatic N) is 3. The molecule has 162 valence electrons. The molecule has 2 atom stereocenters. The van der Waals surface area contributed by atoms with E-state index in [0.29, 0.717) is 30.1 Å². The molecule has 0 aliphatic carbocycles. The molecule has 2 aromatic rings. The summed E-state index contributed by atoms with van der Waals surface area (Å²) in [4.78, 5) is 40.8. The molecule has 0 saturated carbocycles. The van der Waals surface area contributed by atoms with Crippen LogP contribution in [0.4, 0.5) is 5.69 Å². The Morgan fingerprint density at radius 2 is 2.06 bits per heavy atom. The second-order valence-electron chi connectivity index (χ2n) is 8.66. The lowest BCUT2D eigenvalue weighted by molar-refractivity contribution is -0.136. The van der Waals surface area contributed by atoms with E-state index in [-0.39, 0.29) is 24.1 Å². The first-order valence-corrected chi connectivity index (χ1v) is 10.8. The predicted molar refractivity (Wildman–Crippen MR) is 113 cm³/mol. The quantitative estimate of drug-likeness (QED) is 0.635. The Morgan fingerprint density at radius 1 is 1.19 bits per heavy atom. The van der Waals surface area contributed by atoms with Crippen molar-refractivity contribution in [2.24, 2.45) is 0 Å². The van der Waals surface area contributed by atoms with Crippen molar-refractivity contribution >= 4 is 23.4 Å². The van der Waals surface area contributed by atoms with E-state index in [4.69, 9.17) is 5.73 Å². The van der Waals surface area contributed by atoms with E-state index in [1.54, 1.807) is 11.1 Å². The molecule has 1 aromatic carbocycles. The topological polar surface area (TPSA) is 124 Å². The third-order valence-electron chi connectivity index (χ3n) is 6.69. The lowest BCUT2D eigenvalue weighted by Gasteiger charge is -2.33. The number of hydrogen-bond donors (Lipinski definition) is 3. The van der Waals surface area contributed by atoms with E-state index < -0.39 is 6.04 Å². The summed E-state index contributed by atoms with van der Waals surface area (Å²) in [5, 5.41) is 9.46. The second kappa shape index (κ2) is 7.81. The van der Waals surface area contributed by atoms with Crippen molar-refractivity contribution in [1.29, 1.82) is 0 Å². The van der Waals surface area contributed by atoms with Gasteiger partial charge in [-0.15, -0.1) is 0 Å². The highest BCUT2D eigenvalue weighted by atomic mass is 16.2. The van der Waals surface area contributed by atoms with E-state index in [0.717, 1.165) is 49.3 Å². The average molecular weight is 422 g/mol. The maximum atomic E-state index is 13.0. The first-order chi connectivity index (χ1) is 15.0. The normalized spacial score (nSPS) is 24.4. The van der Waals surface area contributed by atoms with Gasteiger partial charge in [0.15, 0.2) is 0 Å². The molecule has 2 fully saturated rings. The van der Waals surface area contributed by atoms with Gasteiger partial charge in [-0.25, -0.2) is 0 Å². The highest BCUT2D eigenvalue weighted by Gasteiger charge is 2.40. The van der Waals surface area contributed by atoms with Crippen LogP contribution in [0.2, 0.25) is 0 Å². The minimum Gasteiger partial charge on any atom is -0.396 e. The van der Waals surface area contributed by atoms with Crippen LogP contribution >= 0.6 is 0 Å². The maximum Gasteiger partial charge on any atom is 0.255 e. The first-order valence-electron chi connectivity index (χ1n) is 10.8. The number of nitrogen functional groups attached to an aromatic ring is 1. The van der Waals surface area contributed by atoms with Gasteiger partial charge in [0.2, 0.25) is 11.8 Å². The standard InChI is InChI=1S/C22H26N6O3/c23-17-9-24-26-20(17)14-4-2-8-27(11-14)10-13-3-1-5-15-16(13)12-28(22(15)31)18-6-7-19(29)25-21(18)30/h1,3,5,9,14,18H,2,4,6-8,10-12,23H2,(H,24,26)(H,25,29,30). The monoisotopic (exact) mass is 422 g/mol. The Hall–Kier alpha value is -3.20. The Morgan fingerprint density at radius 3 is 2.84 bits per heavy atom. The van der Waals surface area contributed by atoms with Crippen LogP contribution in [0.3, 0.4) is 0 Å². The molecule has 31 heavy (non-hydrogen) atoms. The summed E-state index contributed by atoms with van der Waals surface area (Å²) in [6, 6.07) is 5.22. The van der Waals surface area contributed by atoms with Gasteiger partial charge in [-0.3, -0.25) is 29.7 Å². The van der Waals surface area contributed by atoms with Crippen LogP contribution in [0.1, 0.15) is 58.8 Å². The molecule has 1 aromatic heterocycles. The molecule has 9 heteroatoms. The smallest absolute Gasteiger partial charge is 0.255 e. The molecule has 5 rings (SSSR count). The number of nitrogens with two attached hydrogens (primary N) is 1. The van der Waals surface area contributed by atoms with Crippen molar-refractivity contribution in [2.75, 3.05) is 18.8 Å². The summed E-state index contributed by atoms with van der Waals surface area (Å²) in [7, 11) is 0. The van der Waals surface area contributed by atoms with Crippen LogP contribution < -0.4 is 11.1 Å². The summed E-state index contributed by atoms with van der Waals surface area (Å²) < 4.78 is 0. The van der Waals surface area contributed by atoms with E-state index in [2.05, 4.69) is 26.5 Å². The largest absolute Gasteiger partial charge is 0.396 e. The summed E-state index contributed by atoms with van der Waals surface area (Å²) in [5.74, 6) is -0.471. The maximum absolute atomic E-state index is 13.0. The first kappa shape index (κ1) is 19.7. The average Bonchev–Trinajstić information content (AvgIpc) is 3.33. The second-order valence-corrected chi connectivity index (χ2v) is 8.66. The molecule has 0 radical (unpaired) electrons. The highest BCUT2D eigenvalue weighted by molar-refractivity contribution is 6.05. The number of nitrogens with one attached hydrogen (secondary N) is 2. The Bertz CT molecular complexity index is 1050. The molecule has 3 aliphatic heterocycles. The van der Waals surface area contributed by atoms with Gasteiger partial charge in [0.1, 0.15) is 6.04 Å². The Balaban J connectivity index is 1.33. The zero-order valence-electron chi connectivity index (χ0n) is 17.3. The molecule has 2 unspecified atom stereocenters. The van der Waals surface area contributed by atoms with Gasteiger partial charge in [-0.2, -0.15) is 5.10 Å². The number of imide groups is 1. The number of piperidine rings is 2. The molecule has 3 amide bonds. The van der Waals surface area contributed by atoms with Crippen molar-refractivity contribution in [3.05, 3.63) is 46.8 Å². The van der Waals surface area contributed by atoms with Gasteiger partial charge in [-0.05, 0) is 43.0 Å². The fourth-order valence-electron chi connectivity index (χ4n) is 5.11. The van der Waals surface area contributed by atoms with Crippen LogP contribution in [-0.4, -0.2) is 56.9 Å². The van der Waals surface area contributed by atoms with E-state index in [1.807, 2.05) is 12.1 Å². The van der Waals surface area contributed by atoms with Crippen LogP contribution in [-0.2, 0) is 22.7 Å². The lowest BCUT2D eigenvalue weighted by Crippen LogP contribution is -2.52. The number of benzene rings is 1. The Labute approximate surface area is 180 Å². The third kappa shape index (κ3) is 3.59. The molecular weight excluding hydrogens is 396 g/mol. The molecule has 0 bridgehead atoms. The number of likely N-dealkylation sites (tertiary alicyclic amines) is 1. The van der Waals surface area contributed by atoms with Gasteiger partial charge in [0.05, 0.1) is 17.6 Å². The van der Waals surface area contributed by atoms with Gasteiger partial charge < -0.3 is 10.6 Å². The molecule has 4 N–H and O–H groups in total. The fraction of sp³-hybridized carbons (Fsp3) is 0.455. The number of hydrogen-bond acceptors (Lipinski definition) is 6. The van der Waals surface area contributed by atoms with E-state index in [1.165, 1.54) is 0 Å². The van der Waals surface area contributed by atoms with Crippen LogP contribution in [0, 0.1) is 0 Å². The third-order valence-corrected chi connectivity index (χ3v) is 6.69.